The Morgan fingerprint density at radius 2 is 1.13 bits per heavy atom. The molecular formula is C48H33N3O. The van der Waals surface area contributed by atoms with Gasteiger partial charge in [-0.15, -0.1) is 0 Å². The van der Waals surface area contributed by atoms with Gasteiger partial charge >= 0.3 is 0 Å². The van der Waals surface area contributed by atoms with Gasteiger partial charge in [0.05, 0.1) is 0 Å². The van der Waals surface area contributed by atoms with Gasteiger partial charge in [0.25, 0.3) is 0 Å². The van der Waals surface area contributed by atoms with Crippen LogP contribution in [0.5, 0.6) is 0 Å². The summed E-state index contributed by atoms with van der Waals surface area (Å²) in [5.74, 6) is 2.06. The maximum atomic E-state index is 6.43. The van der Waals surface area contributed by atoms with Crippen molar-refractivity contribution in [2.24, 2.45) is 0 Å². The SMILES string of the molecule is c1ccc(-c2nc(Cc3cccc4oc5ccc(CCc6cc7ccccc7c7ccccc67)cc5c34)nc(-c3ccc4ccccc4c3)n2)cc1. The molecule has 0 N–H and O–H groups in total. The number of fused-ring (bicyclic) bond motifs is 7. The first-order valence-corrected chi connectivity index (χ1v) is 17.9. The second-order valence-electron chi connectivity index (χ2n) is 13.5. The zero-order valence-electron chi connectivity index (χ0n) is 28.5. The number of nitrogens with zero attached hydrogens (tertiary/aromatic N) is 3. The van der Waals surface area contributed by atoms with Crippen LogP contribution in [0.2, 0.25) is 0 Å². The number of aromatic nitrogens is 3. The molecule has 246 valence electrons. The predicted octanol–water partition coefficient (Wildman–Crippen LogP) is 11.9. The Balaban J connectivity index is 1.03. The Labute approximate surface area is 301 Å². The van der Waals surface area contributed by atoms with E-state index in [2.05, 4.69) is 146 Å². The lowest BCUT2D eigenvalue weighted by molar-refractivity contribution is 0.668. The van der Waals surface area contributed by atoms with Crippen molar-refractivity contribution in [2.75, 3.05) is 0 Å². The molecule has 0 saturated heterocycles. The molecule has 0 amide bonds. The third-order valence-corrected chi connectivity index (χ3v) is 10.3. The summed E-state index contributed by atoms with van der Waals surface area (Å²) in [6.45, 7) is 0. The fourth-order valence-corrected chi connectivity index (χ4v) is 7.71. The van der Waals surface area contributed by atoms with E-state index < -0.39 is 0 Å². The van der Waals surface area contributed by atoms with Gasteiger partial charge in [0.15, 0.2) is 11.6 Å². The minimum atomic E-state index is 0.544. The predicted molar refractivity (Wildman–Crippen MR) is 214 cm³/mol. The summed E-state index contributed by atoms with van der Waals surface area (Å²) >= 11 is 0. The largest absolute Gasteiger partial charge is 0.456 e. The van der Waals surface area contributed by atoms with Crippen molar-refractivity contribution in [3.63, 3.8) is 0 Å². The number of hydrogen-bond acceptors (Lipinski definition) is 4. The van der Waals surface area contributed by atoms with E-state index in [1.54, 1.807) is 0 Å². The van der Waals surface area contributed by atoms with Crippen molar-refractivity contribution in [1.82, 2.24) is 15.0 Å². The zero-order valence-corrected chi connectivity index (χ0v) is 28.5. The molecule has 4 heteroatoms. The second-order valence-corrected chi connectivity index (χ2v) is 13.5. The molecule has 4 nitrogen and oxygen atoms in total. The van der Waals surface area contributed by atoms with E-state index >= 15 is 0 Å². The van der Waals surface area contributed by atoms with Crippen LogP contribution < -0.4 is 0 Å². The Kier molecular flexibility index (Phi) is 7.31. The lowest BCUT2D eigenvalue weighted by Crippen LogP contribution is -2.04. The summed E-state index contributed by atoms with van der Waals surface area (Å²) in [4.78, 5) is 15.1. The summed E-state index contributed by atoms with van der Waals surface area (Å²) < 4.78 is 6.43. The lowest BCUT2D eigenvalue weighted by Gasteiger charge is -2.11. The first-order chi connectivity index (χ1) is 25.7. The molecule has 10 rings (SSSR count). The average molecular weight is 668 g/mol. The monoisotopic (exact) mass is 667 g/mol. The molecule has 52 heavy (non-hydrogen) atoms. The second kappa shape index (κ2) is 12.6. The molecule has 8 aromatic carbocycles. The van der Waals surface area contributed by atoms with E-state index in [9.17, 15) is 0 Å². The van der Waals surface area contributed by atoms with Crippen molar-refractivity contribution in [3.05, 3.63) is 186 Å². The van der Waals surface area contributed by atoms with Gasteiger partial charge in [-0.05, 0) is 86.1 Å². The molecule has 0 saturated carbocycles. The molecule has 2 aromatic heterocycles. The number of furan rings is 1. The first-order valence-electron chi connectivity index (χ1n) is 17.9. The Morgan fingerprint density at radius 3 is 2.00 bits per heavy atom. The quantitative estimate of drug-likeness (QED) is 0.159. The maximum Gasteiger partial charge on any atom is 0.163 e. The van der Waals surface area contributed by atoms with E-state index in [0.717, 1.165) is 62.7 Å². The number of aryl methyl sites for hydroxylation is 2. The number of rotatable bonds is 7. The highest BCUT2D eigenvalue weighted by atomic mass is 16.3. The molecule has 0 bridgehead atoms. The Bertz CT molecular complexity index is 2950. The third-order valence-electron chi connectivity index (χ3n) is 10.3. The summed E-state index contributed by atoms with van der Waals surface area (Å²) in [6.07, 6.45) is 2.42. The molecule has 0 fully saturated rings. The summed E-state index contributed by atoms with van der Waals surface area (Å²) in [7, 11) is 0. The highest BCUT2D eigenvalue weighted by Gasteiger charge is 2.17. The van der Waals surface area contributed by atoms with Crippen LogP contribution in [-0.2, 0) is 19.3 Å². The van der Waals surface area contributed by atoms with Gasteiger partial charge in [-0.2, -0.15) is 0 Å². The van der Waals surface area contributed by atoms with E-state index in [-0.39, 0.29) is 0 Å². The van der Waals surface area contributed by atoms with Crippen LogP contribution in [0.3, 0.4) is 0 Å². The van der Waals surface area contributed by atoms with Gasteiger partial charge in [0, 0.05) is 28.3 Å². The van der Waals surface area contributed by atoms with Gasteiger partial charge in [-0.25, -0.2) is 15.0 Å². The van der Waals surface area contributed by atoms with Gasteiger partial charge in [-0.3, -0.25) is 0 Å². The average Bonchev–Trinajstić information content (AvgIpc) is 3.59. The molecule has 0 aliphatic carbocycles. The van der Waals surface area contributed by atoms with Crippen molar-refractivity contribution >= 4 is 54.3 Å². The minimum Gasteiger partial charge on any atom is -0.456 e. The molecule has 10 aromatic rings. The van der Waals surface area contributed by atoms with Crippen LogP contribution in [0.1, 0.15) is 22.5 Å². The lowest BCUT2D eigenvalue weighted by atomic mass is 9.93. The van der Waals surface area contributed by atoms with E-state index in [1.807, 2.05) is 18.2 Å². The molecule has 0 unspecified atom stereocenters. The van der Waals surface area contributed by atoms with Crippen molar-refractivity contribution in [2.45, 2.75) is 19.3 Å². The fraction of sp³-hybridized carbons (Fsp3) is 0.0625. The van der Waals surface area contributed by atoms with Crippen LogP contribution in [0.4, 0.5) is 0 Å². The highest BCUT2D eigenvalue weighted by Crippen LogP contribution is 2.35. The van der Waals surface area contributed by atoms with Crippen molar-refractivity contribution < 1.29 is 4.42 Å². The van der Waals surface area contributed by atoms with E-state index in [4.69, 9.17) is 19.4 Å². The van der Waals surface area contributed by atoms with Gasteiger partial charge in [0.2, 0.25) is 0 Å². The Hall–Kier alpha value is -6.65. The van der Waals surface area contributed by atoms with Crippen molar-refractivity contribution in [3.8, 4) is 22.8 Å². The van der Waals surface area contributed by atoms with Gasteiger partial charge in [-0.1, -0.05) is 140 Å². The summed E-state index contributed by atoms with van der Waals surface area (Å²) in [6, 6.07) is 57.7. The van der Waals surface area contributed by atoms with Crippen LogP contribution >= 0.6 is 0 Å². The molecule has 0 aliphatic heterocycles. The van der Waals surface area contributed by atoms with Gasteiger partial charge < -0.3 is 4.42 Å². The minimum absolute atomic E-state index is 0.544. The normalized spacial score (nSPS) is 11.7. The smallest absolute Gasteiger partial charge is 0.163 e. The molecule has 0 aliphatic rings. The van der Waals surface area contributed by atoms with Crippen LogP contribution in [0, 0.1) is 0 Å². The molecule has 2 heterocycles. The number of hydrogen-bond donors (Lipinski definition) is 0. The highest BCUT2D eigenvalue weighted by molar-refractivity contribution is 6.09. The van der Waals surface area contributed by atoms with E-state index in [1.165, 1.54) is 38.1 Å². The number of benzene rings is 8. The summed E-state index contributed by atoms with van der Waals surface area (Å²) in [5, 5.41) is 9.81. The van der Waals surface area contributed by atoms with Crippen LogP contribution in [-0.4, -0.2) is 15.0 Å². The maximum absolute atomic E-state index is 6.43. The molecule has 0 spiro atoms. The fourth-order valence-electron chi connectivity index (χ4n) is 7.71. The third kappa shape index (κ3) is 5.46. The Morgan fingerprint density at radius 1 is 0.404 bits per heavy atom. The summed E-state index contributed by atoms with van der Waals surface area (Å²) in [5.41, 5.74) is 7.48. The van der Waals surface area contributed by atoms with Crippen molar-refractivity contribution in [1.29, 1.82) is 0 Å². The standard InChI is InChI=1S/C48H33N3O/c1-2-12-33(13-3-1)47-49-45(50-48(51-47)38-25-24-32-11-4-5-14-34(32)28-38)30-37-16-10-20-44-46(37)42-27-31(22-26-43(42)52-44)21-23-36-29-35-15-6-7-17-39(35)41-19-9-8-18-40(36)41/h1-20,22,24-29H,21,23,30H2. The molecular weight excluding hydrogens is 635 g/mol. The molecule has 0 radical (unpaired) electrons. The first kappa shape index (κ1) is 30.2. The zero-order chi connectivity index (χ0) is 34.4. The van der Waals surface area contributed by atoms with Crippen LogP contribution in [0.15, 0.2) is 168 Å². The molecule has 0 atom stereocenters. The van der Waals surface area contributed by atoms with Gasteiger partial charge in [0.1, 0.15) is 17.0 Å². The topological polar surface area (TPSA) is 51.8 Å². The van der Waals surface area contributed by atoms with Crippen LogP contribution in [0.25, 0.3) is 77.0 Å². The van der Waals surface area contributed by atoms with E-state index in [0.29, 0.717) is 18.1 Å².